The van der Waals surface area contributed by atoms with E-state index in [9.17, 15) is 0 Å². The molecule has 0 fully saturated rings. The van der Waals surface area contributed by atoms with Crippen LogP contribution in [-0.4, -0.2) is 9.97 Å². The fourth-order valence-electron chi connectivity index (χ4n) is 6.83. The number of benzene rings is 7. The molecule has 10 aromatic rings. The molecule has 204 valence electrons. The van der Waals surface area contributed by atoms with Gasteiger partial charge in [-0.3, -0.25) is 0 Å². The summed E-state index contributed by atoms with van der Waals surface area (Å²) in [5, 5.41) is 8.95. The van der Waals surface area contributed by atoms with E-state index in [-0.39, 0.29) is 0 Å². The van der Waals surface area contributed by atoms with E-state index < -0.39 is 0 Å². The number of hydrogen-bond donors (Lipinski definition) is 0. The van der Waals surface area contributed by atoms with Crippen molar-refractivity contribution in [2.75, 3.05) is 0 Å². The van der Waals surface area contributed by atoms with Crippen molar-refractivity contribution in [3.8, 4) is 33.8 Å². The highest BCUT2D eigenvalue weighted by Crippen LogP contribution is 2.47. The van der Waals surface area contributed by atoms with E-state index >= 15 is 0 Å². The zero-order valence-corrected chi connectivity index (χ0v) is 24.2. The van der Waals surface area contributed by atoms with Gasteiger partial charge in [0.15, 0.2) is 11.4 Å². The summed E-state index contributed by atoms with van der Waals surface area (Å²) in [6.07, 6.45) is 0. The second-order valence-electron chi connectivity index (χ2n) is 11.3. The van der Waals surface area contributed by atoms with Crippen molar-refractivity contribution >= 4 is 75.1 Å². The van der Waals surface area contributed by atoms with Crippen LogP contribution in [0.15, 0.2) is 138 Å². The van der Waals surface area contributed by atoms with Crippen LogP contribution in [0, 0.1) is 0 Å². The van der Waals surface area contributed by atoms with E-state index in [2.05, 4.69) is 84.9 Å². The van der Waals surface area contributed by atoms with Gasteiger partial charge in [-0.1, -0.05) is 103 Å². The Bertz CT molecular complexity index is 2710. The topological polar surface area (TPSA) is 38.9 Å². The number of thiophene rings is 1. The third kappa shape index (κ3) is 3.37. The lowest BCUT2D eigenvalue weighted by atomic mass is 9.92. The van der Waals surface area contributed by atoms with Crippen molar-refractivity contribution in [3.63, 3.8) is 0 Å². The molecule has 0 radical (unpaired) electrons. The molecule has 0 aliphatic heterocycles. The summed E-state index contributed by atoms with van der Waals surface area (Å²) in [5.41, 5.74) is 7.43. The van der Waals surface area contributed by atoms with Crippen molar-refractivity contribution < 1.29 is 4.42 Å². The molecule has 0 atom stereocenters. The fraction of sp³-hybridized carbons (Fsp3) is 0. The normalized spacial score (nSPS) is 12.1. The lowest BCUT2D eigenvalue weighted by molar-refractivity contribution is 0.667. The third-order valence-corrected chi connectivity index (χ3v) is 9.93. The van der Waals surface area contributed by atoms with E-state index in [0.29, 0.717) is 11.4 Å². The largest absolute Gasteiger partial charge is 0.452 e. The van der Waals surface area contributed by atoms with Crippen molar-refractivity contribution in [2.24, 2.45) is 0 Å². The van der Waals surface area contributed by atoms with Crippen LogP contribution < -0.4 is 0 Å². The second kappa shape index (κ2) is 8.96. The Balaban J connectivity index is 1.23. The number of fused-ring (bicyclic) bond motifs is 6. The minimum absolute atomic E-state index is 0.691. The van der Waals surface area contributed by atoms with Crippen molar-refractivity contribution in [2.45, 2.75) is 0 Å². The Morgan fingerprint density at radius 3 is 1.98 bits per heavy atom. The zero-order valence-electron chi connectivity index (χ0n) is 23.4. The molecular weight excluding hydrogens is 557 g/mol. The Hall–Kier alpha value is -5.58. The summed E-state index contributed by atoms with van der Waals surface area (Å²) in [6.45, 7) is 0. The molecule has 0 unspecified atom stereocenters. The minimum atomic E-state index is 0.691. The van der Waals surface area contributed by atoms with E-state index in [4.69, 9.17) is 14.4 Å². The molecule has 0 saturated heterocycles. The first kappa shape index (κ1) is 23.9. The first-order chi connectivity index (χ1) is 21.8. The maximum atomic E-state index is 6.63. The van der Waals surface area contributed by atoms with Crippen LogP contribution in [0.25, 0.3) is 97.6 Å². The summed E-state index contributed by atoms with van der Waals surface area (Å²) in [5.74, 6) is 0.691. The highest BCUT2D eigenvalue weighted by atomic mass is 32.1. The summed E-state index contributed by atoms with van der Waals surface area (Å²) in [6, 6.07) is 47.1. The molecule has 0 amide bonds. The van der Waals surface area contributed by atoms with Crippen molar-refractivity contribution in [1.82, 2.24) is 9.97 Å². The SMILES string of the molecule is c1ccc(-c2nc(-c3ccccc3)c3oc4cc(-c5cc6sc7cccc8c9ccccc9c(c5)c6c78)ccc4c3n2)cc1. The molecule has 44 heavy (non-hydrogen) atoms. The predicted molar refractivity (Wildman–Crippen MR) is 185 cm³/mol. The van der Waals surface area contributed by atoms with Gasteiger partial charge in [-0.2, -0.15) is 0 Å². The number of hydrogen-bond acceptors (Lipinski definition) is 4. The van der Waals surface area contributed by atoms with Gasteiger partial charge in [-0.05, 0) is 63.0 Å². The molecule has 0 bridgehead atoms. The highest BCUT2D eigenvalue weighted by molar-refractivity contribution is 7.26. The van der Waals surface area contributed by atoms with Gasteiger partial charge >= 0.3 is 0 Å². The first-order valence-electron chi connectivity index (χ1n) is 14.7. The summed E-state index contributed by atoms with van der Waals surface area (Å²) in [4.78, 5) is 10.1. The molecule has 0 aliphatic carbocycles. The number of nitrogens with zero attached hydrogens (tertiary/aromatic N) is 2. The van der Waals surface area contributed by atoms with Crippen molar-refractivity contribution in [3.05, 3.63) is 133 Å². The van der Waals surface area contributed by atoms with Crippen LogP contribution in [-0.2, 0) is 0 Å². The maximum Gasteiger partial charge on any atom is 0.180 e. The van der Waals surface area contributed by atoms with Crippen LogP contribution in [0.2, 0.25) is 0 Å². The van der Waals surface area contributed by atoms with Gasteiger partial charge in [0.25, 0.3) is 0 Å². The fourth-order valence-corrected chi connectivity index (χ4v) is 8.03. The van der Waals surface area contributed by atoms with E-state index in [1.54, 1.807) is 0 Å². The Kier molecular flexibility index (Phi) is 4.87. The molecule has 0 N–H and O–H groups in total. The summed E-state index contributed by atoms with van der Waals surface area (Å²) >= 11 is 1.87. The molecule has 3 aromatic heterocycles. The van der Waals surface area contributed by atoms with Gasteiger partial charge in [0, 0.05) is 36.7 Å². The van der Waals surface area contributed by atoms with Crippen LogP contribution in [0.4, 0.5) is 0 Å². The first-order valence-corrected chi connectivity index (χ1v) is 15.6. The molecule has 3 nitrogen and oxygen atoms in total. The molecule has 7 aromatic carbocycles. The maximum absolute atomic E-state index is 6.63. The van der Waals surface area contributed by atoms with Gasteiger partial charge < -0.3 is 4.42 Å². The number of rotatable bonds is 3. The predicted octanol–water partition coefficient (Wildman–Crippen LogP) is 11.5. The smallest absolute Gasteiger partial charge is 0.180 e. The Morgan fingerprint density at radius 1 is 0.455 bits per heavy atom. The number of aromatic nitrogens is 2. The molecule has 0 aliphatic rings. The van der Waals surface area contributed by atoms with Crippen LogP contribution in [0.3, 0.4) is 0 Å². The Labute approximate surface area is 256 Å². The summed E-state index contributed by atoms with van der Waals surface area (Å²) < 4.78 is 9.27. The quantitative estimate of drug-likeness (QED) is 0.196. The Morgan fingerprint density at radius 2 is 1.16 bits per heavy atom. The number of furan rings is 1. The van der Waals surface area contributed by atoms with Gasteiger partial charge in [-0.25, -0.2) is 9.97 Å². The average molecular weight is 579 g/mol. The molecule has 0 saturated carbocycles. The highest BCUT2D eigenvalue weighted by Gasteiger charge is 2.20. The van der Waals surface area contributed by atoms with E-state index in [1.807, 2.05) is 59.9 Å². The lowest BCUT2D eigenvalue weighted by Crippen LogP contribution is -1.93. The van der Waals surface area contributed by atoms with Gasteiger partial charge in [-0.15, -0.1) is 11.3 Å². The van der Waals surface area contributed by atoms with Crippen LogP contribution >= 0.6 is 11.3 Å². The molecule has 0 spiro atoms. The third-order valence-electron chi connectivity index (χ3n) is 8.83. The monoisotopic (exact) mass is 578 g/mol. The van der Waals surface area contributed by atoms with Crippen LogP contribution in [0.5, 0.6) is 0 Å². The van der Waals surface area contributed by atoms with E-state index in [0.717, 1.165) is 38.9 Å². The molecule has 10 rings (SSSR count). The van der Waals surface area contributed by atoms with Gasteiger partial charge in [0.1, 0.15) is 16.8 Å². The standard InChI is InChI=1S/C40H22N2OS/c1-3-10-23(11-4-1)37-39-38(42-40(41-37)24-12-5-2-6-13-24)30-19-18-25(21-32(30)43-39)26-20-31-28-15-8-7-14-27(28)29-16-9-17-33-35(29)36(31)34(22-26)44-33/h1-22H. The summed E-state index contributed by atoms with van der Waals surface area (Å²) in [7, 11) is 0. The van der Waals surface area contributed by atoms with E-state index in [1.165, 1.54) is 47.3 Å². The molecule has 4 heteroatoms. The minimum Gasteiger partial charge on any atom is -0.452 e. The zero-order chi connectivity index (χ0) is 28.8. The molecular formula is C40H22N2OS. The lowest BCUT2D eigenvalue weighted by Gasteiger charge is -2.11. The van der Waals surface area contributed by atoms with Gasteiger partial charge in [0.2, 0.25) is 0 Å². The van der Waals surface area contributed by atoms with Crippen LogP contribution in [0.1, 0.15) is 0 Å². The van der Waals surface area contributed by atoms with Crippen molar-refractivity contribution in [1.29, 1.82) is 0 Å². The van der Waals surface area contributed by atoms with Gasteiger partial charge in [0.05, 0.1) is 0 Å². The molecule has 3 heterocycles. The average Bonchev–Trinajstić information content (AvgIpc) is 3.66. The second-order valence-corrected chi connectivity index (χ2v) is 12.4.